The van der Waals surface area contributed by atoms with Gasteiger partial charge in [-0.25, -0.2) is 8.42 Å². The van der Waals surface area contributed by atoms with E-state index in [1.807, 2.05) is 37.3 Å². The Labute approximate surface area is 119 Å². The van der Waals surface area contributed by atoms with Crippen LogP contribution in [-0.4, -0.2) is 15.0 Å². The zero-order valence-electron chi connectivity index (χ0n) is 11.4. The van der Waals surface area contributed by atoms with Gasteiger partial charge in [-0.15, -0.1) is 0 Å². The molecule has 1 heterocycles. The SMILES string of the molecule is Cc1cccc(S(=O)(=O)N2CCCc3ccccc32)c1. The molecule has 1 aliphatic heterocycles. The zero-order chi connectivity index (χ0) is 14.2. The fraction of sp³-hybridized carbons (Fsp3) is 0.250. The summed E-state index contributed by atoms with van der Waals surface area (Å²) in [5.74, 6) is 0. The first-order chi connectivity index (χ1) is 9.59. The van der Waals surface area contributed by atoms with Gasteiger partial charge in [-0.2, -0.15) is 0 Å². The first kappa shape index (κ1) is 13.2. The van der Waals surface area contributed by atoms with Gasteiger partial charge in [0.2, 0.25) is 0 Å². The van der Waals surface area contributed by atoms with Gasteiger partial charge in [0, 0.05) is 6.54 Å². The Bertz CT molecular complexity index is 738. The molecule has 0 bridgehead atoms. The summed E-state index contributed by atoms with van der Waals surface area (Å²) in [6.07, 6.45) is 1.80. The Morgan fingerprint density at radius 2 is 1.85 bits per heavy atom. The summed E-state index contributed by atoms with van der Waals surface area (Å²) in [6.45, 7) is 2.45. The molecule has 20 heavy (non-hydrogen) atoms. The van der Waals surface area contributed by atoms with Crippen molar-refractivity contribution in [3.63, 3.8) is 0 Å². The standard InChI is InChI=1S/C16H17NO2S/c1-13-6-4-9-15(12-13)20(18,19)17-11-5-8-14-7-2-3-10-16(14)17/h2-4,6-7,9-10,12H,5,8,11H2,1H3. The summed E-state index contributed by atoms with van der Waals surface area (Å²) in [5, 5.41) is 0. The predicted octanol–water partition coefficient (Wildman–Crippen LogP) is 3.14. The van der Waals surface area contributed by atoms with E-state index in [4.69, 9.17) is 0 Å². The molecule has 0 spiro atoms. The van der Waals surface area contributed by atoms with Gasteiger partial charge in [0.05, 0.1) is 10.6 Å². The quantitative estimate of drug-likeness (QED) is 0.851. The molecule has 4 heteroatoms. The van der Waals surface area contributed by atoms with Crippen LogP contribution in [0.25, 0.3) is 0 Å². The lowest BCUT2D eigenvalue weighted by Crippen LogP contribution is -2.35. The first-order valence-electron chi connectivity index (χ1n) is 6.76. The van der Waals surface area contributed by atoms with Crippen LogP contribution < -0.4 is 4.31 Å². The van der Waals surface area contributed by atoms with Crippen molar-refractivity contribution in [1.82, 2.24) is 0 Å². The van der Waals surface area contributed by atoms with E-state index in [1.165, 1.54) is 0 Å². The van der Waals surface area contributed by atoms with Gasteiger partial charge in [0.1, 0.15) is 0 Å². The highest BCUT2D eigenvalue weighted by Crippen LogP contribution is 2.31. The second-order valence-corrected chi connectivity index (χ2v) is 6.99. The van der Waals surface area contributed by atoms with Gasteiger partial charge >= 0.3 is 0 Å². The minimum Gasteiger partial charge on any atom is -0.266 e. The maximum atomic E-state index is 12.8. The minimum atomic E-state index is -3.46. The van der Waals surface area contributed by atoms with Crippen molar-refractivity contribution in [1.29, 1.82) is 0 Å². The van der Waals surface area contributed by atoms with Gasteiger partial charge in [-0.1, -0.05) is 30.3 Å². The molecule has 3 nitrogen and oxygen atoms in total. The smallest absolute Gasteiger partial charge is 0.264 e. The number of fused-ring (bicyclic) bond motifs is 1. The predicted molar refractivity (Wildman–Crippen MR) is 80.5 cm³/mol. The monoisotopic (exact) mass is 287 g/mol. The summed E-state index contributed by atoms with van der Waals surface area (Å²) < 4.78 is 27.2. The summed E-state index contributed by atoms with van der Waals surface area (Å²) in [4.78, 5) is 0.370. The molecule has 0 saturated carbocycles. The van der Waals surface area contributed by atoms with E-state index in [1.54, 1.807) is 22.5 Å². The number of aryl methyl sites for hydroxylation is 2. The number of nitrogens with zero attached hydrogens (tertiary/aromatic N) is 1. The molecule has 0 unspecified atom stereocenters. The largest absolute Gasteiger partial charge is 0.266 e. The van der Waals surface area contributed by atoms with Crippen LogP contribution in [0.3, 0.4) is 0 Å². The third kappa shape index (κ3) is 2.20. The normalized spacial score (nSPS) is 14.9. The van der Waals surface area contributed by atoms with Gasteiger partial charge in [0.15, 0.2) is 0 Å². The highest BCUT2D eigenvalue weighted by Gasteiger charge is 2.28. The van der Waals surface area contributed by atoms with E-state index in [0.717, 1.165) is 29.7 Å². The van der Waals surface area contributed by atoms with Crippen LogP contribution in [0.15, 0.2) is 53.4 Å². The third-order valence-corrected chi connectivity index (χ3v) is 5.45. The molecular formula is C16H17NO2S. The van der Waals surface area contributed by atoms with Crippen LogP contribution >= 0.6 is 0 Å². The molecule has 0 amide bonds. The van der Waals surface area contributed by atoms with E-state index in [-0.39, 0.29) is 0 Å². The zero-order valence-corrected chi connectivity index (χ0v) is 12.2. The first-order valence-corrected chi connectivity index (χ1v) is 8.20. The van der Waals surface area contributed by atoms with Crippen molar-refractivity contribution in [2.45, 2.75) is 24.7 Å². The number of sulfonamides is 1. The lowest BCUT2D eigenvalue weighted by Gasteiger charge is -2.30. The highest BCUT2D eigenvalue weighted by molar-refractivity contribution is 7.92. The molecule has 3 rings (SSSR count). The van der Waals surface area contributed by atoms with Crippen molar-refractivity contribution >= 4 is 15.7 Å². The molecule has 2 aromatic rings. The molecule has 0 radical (unpaired) electrons. The Kier molecular flexibility index (Phi) is 3.26. The molecule has 1 aliphatic rings. The molecule has 0 fully saturated rings. The van der Waals surface area contributed by atoms with Gasteiger partial charge in [-0.3, -0.25) is 4.31 Å². The van der Waals surface area contributed by atoms with Crippen LogP contribution in [0.2, 0.25) is 0 Å². The Morgan fingerprint density at radius 3 is 2.65 bits per heavy atom. The summed E-state index contributed by atoms with van der Waals surface area (Å²) >= 11 is 0. The molecule has 2 aromatic carbocycles. The molecule has 0 N–H and O–H groups in total. The van der Waals surface area contributed by atoms with E-state index in [9.17, 15) is 8.42 Å². The summed E-state index contributed by atoms with van der Waals surface area (Å²) in [5.41, 5.74) is 2.88. The van der Waals surface area contributed by atoms with Gasteiger partial charge in [-0.05, 0) is 49.1 Å². The number of hydrogen-bond donors (Lipinski definition) is 0. The molecule has 0 atom stereocenters. The number of anilines is 1. The average molecular weight is 287 g/mol. The van der Waals surface area contributed by atoms with Gasteiger partial charge in [0.25, 0.3) is 10.0 Å². The molecular weight excluding hydrogens is 270 g/mol. The van der Waals surface area contributed by atoms with Crippen molar-refractivity contribution in [2.75, 3.05) is 10.8 Å². The summed E-state index contributed by atoms with van der Waals surface area (Å²) in [6, 6.07) is 14.8. The maximum Gasteiger partial charge on any atom is 0.264 e. The minimum absolute atomic E-state index is 0.370. The van der Waals surface area contributed by atoms with Crippen molar-refractivity contribution in [2.24, 2.45) is 0 Å². The maximum absolute atomic E-state index is 12.8. The second kappa shape index (κ2) is 4.94. The van der Waals surface area contributed by atoms with E-state index in [0.29, 0.717) is 11.4 Å². The van der Waals surface area contributed by atoms with Gasteiger partial charge < -0.3 is 0 Å². The highest BCUT2D eigenvalue weighted by atomic mass is 32.2. The van der Waals surface area contributed by atoms with E-state index >= 15 is 0 Å². The van der Waals surface area contributed by atoms with Crippen LogP contribution in [0.1, 0.15) is 17.5 Å². The fourth-order valence-corrected chi connectivity index (χ4v) is 4.30. The number of para-hydroxylation sites is 1. The molecule has 0 aliphatic carbocycles. The Morgan fingerprint density at radius 1 is 1.05 bits per heavy atom. The van der Waals surface area contributed by atoms with Crippen LogP contribution in [-0.2, 0) is 16.4 Å². The van der Waals surface area contributed by atoms with Crippen molar-refractivity contribution in [3.05, 3.63) is 59.7 Å². The van der Waals surface area contributed by atoms with Crippen LogP contribution in [0.4, 0.5) is 5.69 Å². The average Bonchev–Trinajstić information content (AvgIpc) is 2.46. The van der Waals surface area contributed by atoms with Crippen LogP contribution in [0, 0.1) is 6.92 Å². The Hall–Kier alpha value is -1.81. The fourth-order valence-electron chi connectivity index (χ4n) is 2.65. The van der Waals surface area contributed by atoms with Crippen molar-refractivity contribution in [3.8, 4) is 0 Å². The topological polar surface area (TPSA) is 37.4 Å². The third-order valence-electron chi connectivity index (χ3n) is 3.65. The number of rotatable bonds is 2. The lowest BCUT2D eigenvalue weighted by molar-refractivity contribution is 0.586. The molecule has 0 aromatic heterocycles. The van der Waals surface area contributed by atoms with Crippen LogP contribution in [0.5, 0.6) is 0 Å². The number of benzene rings is 2. The van der Waals surface area contributed by atoms with Crippen molar-refractivity contribution < 1.29 is 8.42 Å². The number of hydrogen-bond acceptors (Lipinski definition) is 2. The second-order valence-electron chi connectivity index (χ2n) is 5.13. The van der Waals surface area contributed by atoms with E-state index < -0.39 is 10.0 Å². The molecule has 104 valence electrons. The molecule has 0 saturated heterocycles. The Balaban J connectivity index is 2.10. The van der Waals surface area contributed by atoms with E-state index in [2.05, 4.69) is 0 Å². The lowest BCUT2D eigenvalue weighted by atomic mass is 10.0. The summed E-state index contributed by atoms with van der Waals surface area (Å²) in [7, 11) is -3.46.